The van der Waals surface area contributed by atoms with Crippen molar-refractivity contribution in [1.29, 1.82) is 0 Å². The van der Waals surface area contributed by atoms with Crippen LogP contribution in [0.4, 0.5) is 15.3 Å². The molecule has 11 amide bonds. The van der Waals surface area contributed by atoms with E-state index in [0.29, 0.717) is 49.2 Å². The number of hydrogen-bond donors (Lipinski definition) is 10. The average molecular weight is 1350 g/mol. The van der Waals surface area contributed by atoms with E-state index < -0.39 is 120 Å². The third-order valence-corrected chi connectivity index (χ3v) is 18.2. The number of nitrogens with zero attached hydrogens (tertiary/aromatic N) is 3. The summed E-state index contributed by atoms with van der Waals surface area (Å²) in [6.07, 6.45) is 1.04. The summed E-state index contributed by atoms with van der Waals surface area (Å²) in [5, 5.41) is 31.3. The fourth-order valence-corrected chi connectivity index (χ4v) is 12.6. The minimum atomic E-state index is -1.16. The lowest BCUT2D eigenvalue weighted by atomic mass is 9.89. The van der Waals surface area contributed by atoms with Gasteiger partial charge in [0.15, 0.2) is 0 Å². The molecule has 0 bridgehead atoms. The first-order valence-corrected chi connectivity index (χ1v) is 33.9. The van der Waals surface area contributed by atoms with Crippen molar-refractivity contribution in [2.75, 3.05) is 53.3 Å². The Hall–Kier alpha value is -8.62. The Morgan fingerprint density at radius 3 is 2.02 bits per heavy atom. The van der Waals surface area contributed by atoms with E-state index in [0.717, 1.165) is 16.5 Å². The lowest BCUT2D eigenvalue weighted by molar-refractivity contribution is -0.148. The van der Waals surface area contributed by atoms with Crippen LogP contribution >= 0.6 is 0 Å². The van der Waals surface area contributed by atoms with E-state index >= 15 is 0 Å². The number of carbonyl (C=O) groups is 10. The molecule has 1 aliphatic heterocycles. The summed E-state index contributed by atoms with van der Waals surface area (Å²) >= 11 is 0. The van der Waals surface area contributed by atoms with Gasteiger partial charge in [0.25, 0.3) is 0 Å². The number of primary amides is 1. The summed E-state index contributed by atoms with van der Waals surface area (Å²) in [4.78, 5) is 144. The topological polar surface area (TPSA) is 354 Å². The molecule has 3 aromatic carbocycles. The molecule has 0 radical (unpaired) electrons. The van der Waals surface area contributed by atoms with Crippen LogP contribution in [0, 0.1) is 23.7 Å². The molecule has 0 saturated carbocycles. The predicted octanol–water partition coefficient (Wildman–Crippen LogP) is 5.97. The van der Waals surface area contributed by atoms with Gasteiger partial charge in [-0.25, -0.2) is 9.59 Å². The second-order valence-electron chi connectivity index (χ2n) is 26.0. The molecule has 0 aliphatic carbocycles. The zero-order chi connectivity index (χ0) is 71.6. The van der Waals surface area contributed by atoms with Crippen molar-refractivity contribution in [1.82, 2.24) is 51.6 Å². The molecule has 1 aromatic heterocycles. The van der Waals surface area contributed by atoms with Gasteiger partial charge < -0.3 is 77.1 Å². The number of methoxy groups -OCH3 is 2. The number of nitrogens with one attached hydrogen (secondary N) is 8. The fourth-order valence-electron chi connectivity index (χ4n) is 12.6. The van der Waals surface area contributed by atoms with E-state index in [1.807, 2.05) is 56.3 Å². The molecule has 12 atom stereocenters. The highest BCUT2D eigenvalue weighted by Crippen LogP contribution is 2.31. The van der Waals surface area contributed by atoms with Gasteiger partial charge >= 0.3 is 12.1 Å². The SMILES string of the molecule is CCNC(=O)CCCC(=O)N[C@@H](Cc1c[nH]c2ccccc12)C(=O)N[C@@H](CCCNC(N)=O)C(=O)Nc1ccc(COC(=O)N(C)[C@H](C(=O)N[C@H](C(=O)N(C)[C@@H]([C@@H](C)CC)[C@@H](CC(=O)N2CCC[C@H]2[C@H](OC)[C@@H](C)C(=O)N[C@H](C)[C@@H](O)c2ccccc2)OC)C(C)C)C(C)C)cc1. The standard InChI is InChI=1S/C71H106N12O14/c1-14-44(7)62(56(95-12)39-59(86)83-37-23-29-55(83)64(96-13)45(8)65(88)76-46(9)63(87)48-24-17-16-18-25-48)81(10)69(92)60(42(3)4)80-68(91)61(43(5)6)82(11)71(94)97-41-47-32-34-50(35-33-47)77-66(89)53(28-22-36-74-70(72)93)79-67(90)54(78-58(85)31-21-30-57(84)73-15-2)38-49-40-75-52-27-20-19-26-51(49)52/h16-20,24-27,32-35,40,42-46,53-56,60-64,75,87H,14-15,21-23,28-31,36-39,41H2,1-13H3,(H,73,84)(H,76,88)(H,77,89)(H,78,85)(H,79,90)(H,80,91)(H3,72,74,93)/t44-,45+,46+,53-,54-,55-,56+,60-,61-,62-,63+,64+/m0/s1. The lowest BCUT2D eigenvalue weighted by Crippen LogP contribution is -2.60. The summed E-state index contributed by atoms with van der Waals surface area (Å²) in [6, 6.07) is 16.1. The van der Waals surface area contributed by atoms with Crippen LogP contribution in [0.25, 0.3) is 10.9 Å². The van der Waals surface area contributed by atoms with Crippen molar-refractivity contribution in [2.24, 2.45) is 29.4 Å². The van der Waals surface area contributed by atoms with Crippen LogP contribution in [0.15, 0.2) is 85.1 Å². The number of ether oxygens (including phenoxy) is 3. The number of fused-ring (bicyclic) bond motifs is 1. The molecule has 2 heterocycles. The number of hydrogen-bond acceptors (Lipinski definition) is 14. The van der Waals surface area contributed by atoms with Crippen molar-refractivity contribution in [3.8, 4) is 0 Å². The number of rotatable bonds is 38. The first-order valence-electron chi connectivity index (χ1n) is 33.9. The second-order valence-corrected chi connectivity index (χ2v) is 26.0. The van der Waals surface area contributed by atoms with Crippen LogP contribution in [0.5, 0.6) is 0 Å². The van der Waals surface area contributed by atoms with Gasteiger partial charge in [0.2, 0.25) is 47.3 Å². The molecule has 97 heavy (non-hydrogen) atoms. The van der Waals surface area contributed by atoms with Crippen molar-refractivity contribution >= 4 is 76.0 Å². The quantitative estimate of drug-likeness (QED) is 0.0231. The first-order chi connectivity index (χ1) is 46.1. The molecule has 0 spiro atoms. The number of benzene rings is 3. The highest BCUT2D eigenvalue weighted by Gasteiger charge is 2.44. The lowest BCUT2D eigenvalue weighted by Gasteiger charge is -2.41. The molecular formula is C71H106N12O14. The molecule has 26 heteroatoms. The Morgan fingerprint density at radius 2 is 1.39 bits per heavy atom. The maximum Gasteiger partial charge on any atom is 0.410 e. The van der Waals surface area contributed by atoms with E-state index in [1.54, 1.807) is 108 Å². The van der Waals surface area contributed by atoms with Gasteiger partial charge in [-0.3, -0.25) is 43.3 Å². The average Bonchev–Trinajstić information content (AvgIpc) is 1.76. The number of nitrogens with two attached hydrogens (primary N) is 1. The summed E-state index contributed by atoms with van der Waals surface area (Å²) in [7, 11) is 6.09. The van der Waals surface area contributed by atoms with Crippen LogP contribution in [0.3, 0.4) is 0 Å². The van der Waals surface area contributed by atoms with Crippen LogP contribution in [0.1, 0.15) is 143 Å². The van der Waals surface area contributed by atoms with Crippen molar-refractivity contribution in [3.05, 3.63) is 102 Å². The van der Waals surface area contributed by atoms with Gasteiger partial charge in [-0.1, -0.05) is 116 Å². The maximum atomic E-state index is 14.8. The van der Waals surface area contributed by atoms with Gasteiger partial charge in [0.1, 0.15) is 30.8 Å². The molecular weight excluding hydrogens is 1240 g/mol. The minimum absolute atomic E-state index is 0.0271. The molecule has 11 N–H and O–H groups in total. The van der Waals surface area contributed by atoms with Crippen molar-refractivity contribution < 1.29 is 67.3 Å². The number of aromatic nitrogens is 1. The number of aliphatic hydroxyl groups excluding tert-OH is 1. The van der Waals surface area contributed by atoms with Crippen LogP contribution in [-0.2, 0) is 65.6 Å². The zero-order valence-corrected chi connectivity index (χ0v) is 58.7. The second kappa shape index (κ2) is 38.9. The molecule has 26 nitrogen and oxygen atoms in total. The number of anilines is 1. The first kappa shape index (κ1) is 79.1. The van der Waals surface area contributed by atoms with Crippen molar-refractivity contribution in [2.45, 2.75) is 194 Å². The van der Waals surface area contributed by atoms with Gasteiger partial charge in [-0.05, 0) is 98.6 Å². The maximum absolute atomic E-state index is 14.8. The molecule has 5 rings (SSSR count). The van der Waals surface area contributed by atoms with Gasteiger partial charge in [0.05, 0.1) is 48.8 Å². The number of urea groups is 1. The molecule has 534 valence electrons. The minimum Gasteiger partial charge on any atom is -0.445 e. The summed E-state index contributed by atoms with van der Waals surface area (Å²) in [6.45, 7) is 17.1. The number of H-pyrrole nitrogens is 1. The Labute approximate surface area is 570 Å². The zero-order valence-electron chi connectivity index (χ0n) is 58.7. The molecule has 4 aromatic rings. The number of likely N-dealkylation sites (N-methyl/N-ethyl adjacent to an activating group) is 2. The number of amides is 11. The number of aliphatic hydroxyl groups is 1. The third kappa shape index (κ3) is 23.0. The smallest absolute Gasteiger partial charge is 0.410 e. The predicted molar refractivity (Wildman–Crippen MR) is 369 cm³/mol. The Kier molecular flexibility index (Phi) is 31.8. The normalized spacial score (nSPS) is 16.4. The summed E-state index contributed by atoms with van der Waals surface area (Å²) in [5.74, 6) is -5.22. The van der Waals surface area contributed by atoms with Crippen LogP contribution in [0.2, 0.25) is 0 Å². The van der Waals surface area contributed by atoms with Gasteiger partial charge in [0, 0.05) is 90.0 Å². The number of para-hydroxylation sites is 1. The van der Waals surface area contributed by atoms with Gasteiger partial charge in [-0.15, -0.1) is 0 Å². The van der Waals surface area contributed by atoms with E-state index in [4.69, 9.17) is 19.9 Å². The van der Waals surface area contributed by atoms with Crippen LogP contribution < -0.4 is 43.0 Å². The Bertz CT molecular complexity index is 3240. The monoisotopic (exact) mass is 1350 g/mol. The molecule has 1 aliphatic rings. The molecule has 1 fully saturated rings. The highest BCUT2D eigenvalue weighted by atomic mass is 16.6. The van der Waals surface area contributed by atoms with Gasteiger partial charge in [-0.2, -0.15) is 0 Å². The van der Waals surface area contributed by atoms with Crippen LogP contribution in [-0.4, -0.2) is 187 Å². The Morgan fingerprint density at radius 1 is 0.722 bits per heavy atom. The summed E-state index contributed by atoms with van der Waals surface area (Å²) in [5.41, 5.74) is 8.38. The number of aromatic amines is 1. The molecule has 1 saturated heterocycles. The highest BCUT2D eigenvalue weighted by molar-refractivity contribution is 5.99. The summed E-state index contributed by atoms with van der Waals surface area (Å²) < 4.78 is 17.8. The molecule has 0 unspecified atom stereocenters. The fraction of sp³-hybridized carbons (Fsp3) is 0.577. The van der Waals surface area contributed by atoms with E-state index in [2.05, 4.69) is 42.2 Å². The van der Waals surface area contributed by atoms with E-state index in [1.165, 1.54) is 26.2 Å². The number of likely N-dealkylation sites (tertiary alicyclic amines) is 1. The third-order valence-electron chi connectivity index (χ3n) is 18.2. The number of carbonyl (C=O) groups excluding carboxylic acids is 10. The van der Waals surface area contributed by atoms with Crippen molar-refractivity contribution in [3.63, 3.8) is 0 Å². The van der Waals surface area contributed by atoms with E-state index in [-0.39, 0.29) is 81.7 Å². The van der Waals surface area contributed by atoms with E-state index in [9.17, 15) is 53.1 Å². The largest absolute Gasteiger partial charge is 0.445 e. The Balaban J connectivity index is 1.22.